The van der Waals surface area contributed by atoms with Gasteiger partial charge in [-0.2, -0.15) is 0 Å². The summed E-state index contributed by atoms with van der Waals surface area (Å²) in [6, 6.07) is 1.83. The molecule has 0 saturated carbocycles. The van der Waals surface area contributed by atoms with Gasteiger partial charge in [0.2, 0.25) is 5.91 Å². The molecule has 2 unspecified atom stereocenters. The van der Waals surface area contributed by atoms with Crippen molar-refractivity contribution in [3.8, 4) is 0 Å². The summed E-state index contributed by atoms with van der Waals surface area (Å²) in [6.07, 6.45) is -3.86. The number of nitro benzene ring substituents is 1. The summed E-state index contributed by atoms with van der Waals surface area (Å²) >= 11 is 0. The molecule has 9 nitrogen and oxygen atoms in total. The van der Waals surface area contributed by atoms with Gasteiger partial charge in [0.05, 0.1) is 10.5 Å². The normalized spacial score (nSPS) is 13.6. The van der Waals surface area contributed by atoms with E-state index in [4.69, 9.17) is 10.8 Å². The summed E-state index contributed by atoms with van der Waals surface area (Å²) in [5.74, 6) is -2.68. The molecule has 0 fully saturated rings. The number of rotatable bonds is 5. The number of amides is 1. The third kappa shape index (κ3) is 2.90. The summed E-state index contributed by atoms with van der Waals surface area (Å²) in [4.78, 5) is 31.8. The Morgan fingerprint density at radius 3 is 2.30 bits per heavy atom. The van der Waals surface area contributed by atoms with E-state index in [1.807, 2.05) is 0 Å². The Hall–Kier alpha value is -2.52. The Labute approximate surface area is 112 Å². The molecule has 20 heavy (non-hydrogen) atoms. The van der Waals surface area contributed by atoms with Crippen molar-refractivity contribution in [2.45, 2.75) is 19.1 Å². The van der Waals surface area contributed by atoms with E-state index >= 15 is 0 Å². The molecule has 0 spiro atoms. The number of nitro groups is 1. The number of nitrogens with zero attached hydrogens (tertiary/aromatic N) is 1. The van der Waals surface area contributed by atoms with E-state index in [0.717, 1.165) is 12.1 Å². The minimum Gasteiger partial charge on any atom is -0.478 e. The second-order valence-electron chi connectivity index (χ2n) is 4.07. The number of carbonyl (C=O) groups excluding carboxylic acids is 1. The number of aromatic carboxylic acids is 1. The predicted molar refractivity (Wildman–Crippen MR) is 65.0 cm³/mol. The predicted octanol–water partition coefficient (Wildman–Crippen LogP) is -0.519. The fourth-order valence-corrected chi connectivity index (χ4v) is 1.64. The first-order valence-electron chi connectivity index (χ1n) is 5.34. The molecule has 1 amide bonds. The molecule has 1 aromatic carbocycles. The Balaban J connectivity index is 3.45. The first-order valence-corrected chi connectivity index (χ1v) is 5.34. The molecule has 2 atom stereocenters. The Morgan fingerprint density at radius 2 is 1.90 bits per heavy atom. The summed E-state index contributed by atoms with van der Waals surface area (Å²) in [6.45, 7) is 1.24. The average Bonchev–Trinajstić information content (AvgIpc) is 2.36. The van der Waals surface area contributed by atoms with Gasteiger partial charge in [-0.1, -0.05) is 0 Å². The largest absolute Gasteiger partial charge is 0.478 e. The number of carboxylic acids is 1. The Bertz CT molecular complexity index is 549. The van der Waals surface area contributed by atoms with Crippen LogP contribution in [0.1, 0.15) is 27.6 Å². The van der Waals surface area contributed by atoms with Gasteiger partial charge >= 0.3 is 5.97 Å². The van der Waals surface area contributed by atoms with E-state index in [2.05, 4.69) is 0 Å². The van der Waals surface area contributed by atoms with Crippen LogP contribution < -0.4 is 5.73 Å². The fraction of sp³-hybridized carbons (Fsp3) is 0.273. The van der Waals surface area contributed by atoms with Crippen LogP contribution in [0.15, 0.2) is 12.1 Å². The van der Waals surface area contributed by atoms with E-state index in [9.17, 15) is 29.9 Å². The molecule has 1 rings (SSSR count). The van der Waals surface area contributed by atoms with Gasteiger partial charge in [0.1, 0.15) is 6.10 Å². The van der Waals surface area contributed by atoms with E-state index in [1.54, 1.807) is 0 Å². The van der Waals surface area contributed by atoms with Crippen molar-refractivity contribution in [2.75, 3.05) is 0 Å². The summed E-state index contributed by atoms with van der Waals surface area (Å²) in [5, 5.41) is 38.9. The molecule has 9 heteroatoms. The minimum atomic E-state index is -2.00. The van der Waals surface area contributed by atoms with Gasteiger partial charge < -0.3 is 21.1 Å². The second-order valence-corrected chi connectivity index (χ2v) is 4.07. The molecule has 0 aliphatic carbocycles. The summed E-state index contributed by atoms with van der Waals surface area (Å²) < 4.78 is 0. The van der Waals surface area contributed by atoms with E-state index in [-0.39, 0.29) is 11.1 Å². The van der Waals surface area contributed by atoms with Crippen LogP contribution in [0, 0.1) is 17.0 Å². The summed E-state index contributed by atoms with van der Waals surface area (Å²) in [7, 11) is 0. The highest BCUT2D eigenvalue weighted by atomic mass is 16.6. The van der Waals surface area contributed by atoms with E-state index in [0.29, 0.717) is 0 Å². The van der Waals surface area contributed by atoms with Crippen molar-refractivity contribution in [3.63, 3.8) is 0 Å². The van der Waals surface area contributed by atoms with Crippen molar-refractivity contribution < 1.29 is 29.8 Å². The first-order chi connectivity index (χ1) is 9.16. The number of nitrogens with two attached hydrogens (primary N) is 1. The highest BCUT2D eigenvalue weighted by Crippen LogP contribution is 2.28. The monoisotopic (exact) mass is 284 g/mol. The number of aliphatic hydroxyl groups excluding tert-OH is 2. The number of hydrogen-bond donors (Lipinski definition) is 4. The molecule has 5 N–H and O–H groups in total. The van der Waals surface area contributed by atoms with Gasteiger partial charge in [-0.25, -0.2) is 4.79 Å². The zero-order chi connectivity index (χ0) is 15.6. The van der Waals surface area contributed by atoms with Crippen molar-refractivity contribution in [2.24, 2.45) is 5.73 Å². The maximum atomic E-state index is 11.0. The third-order valence-electron chi connectivity index (χ3n) is 2.76. The Kier molecular flexibility index (Phi) is 4.38. The third-order valence-corrected chi connectivity index (χ3v) is 2.76. The lowest BCUT2D eigenvalue weighted by Gasteiger charge is -2.16. The molecule has 0 aliphatic rings. The van der Waals surface area contributed by atoms with Gasteiger partial charge in [-0.05, 0) is 18.6 Å². The van der Waals surface area contributed by atoms with Crippen LogP contribution in [-0.2, 0) is 4.79 Å². The van der Waals surface area contributed by atoms with Crippen LogP contribution in [0.3, 0.4) is 0 Å². The van der Waals surface area contributed by atoms with Crippen LogP contribution in [0.2, 0.25) is 0 Å². The molecule has 0 aromatic heterocycles. The van der Waals surface area contributed by atoms with Crippen LogP contribution in [-0.4, -0.2) is 38.2 Å². The molecule has 0 bridgehead atoms. The smallest absolute Gasteiger partial charge is 0.336 e. The molecule has 0 heterocycles. The molecule has 1 aromatic rings. The van der Waals surface area contributed by atoms with Gasteiger partial charge in [0.25, 0.3) is 5.69 Å². The number of carboxylic acid groups (broad SMARTS) is 1. The average molecular weight is 284 g/mol. The first kappa shape index (κ1) is 15.5. The zero-order valence-electron chi connectivity index (χ0n) is 10.3. The number of hydrogen-bond acceptors (Lipinski definition) is 6. The van der Waals surface area contributed by atoms with Crippen molar-refractivity contribution >= 4 is 17.6 Å². The highest BCUT2D eigenvalue weighted by molar-refractivity contribution is 5.91. The van der Waals surface area contributed by atoms with E-state index in [1.165, 1.54) is 6.92 Å². The number of primary amides is 1. The molecule has 108 valence electrons. The van der Waals surface area contributed by atoms with Crippen molar-refractivity contribution in [1.82, 2.24) is 0 Å². The molecule has 0 radical (unpaired) electrons. The number of benzene rings is 1. The highest BCUT2D eigenvalue weighted by Gasteiger charge is 2.28. The SMILES string of the molecule is Cc1c(C(=O)O)cc(C(O)C(O)C(N)=O)cc1[N+](=O)[O-]. The number of aliphatic hydroxyl groups is 2. The topological polar surface area (TPSA) is 164 Å². The summed E-state index contributed by atoms with van der Waals surface area (Å²) in [5.41, 5.74) is 3.45. The Morgan fingerprint density at radius 1 is 1.35 bits per heavy atom. The number of carbonyl (C=O) groups is 2. The van der Waals surface area contributed by atoms with Crippen LogP contribution >= 0.6 is 0 Å². The lowest BCUT2D eigenvalue weighted by Crippen LogP contribution is -2.34. The van der Waals surface area contributed by atoms with Crippen LogP contribution in [0.25, 0.3) is 0 Å². The standard InChI is InChI=1S/C11H12N2O7/c1-4-6(11(17)18)2-5(3-7(4)13(19)20)8(14)9(15)10(12)16/h2-3,8-9,14-15H,1H3,(H2,12,16)(H,17,18). The fourth-order valence-electron chi connectivity index (χ4n) is 1.64. The van der Waals surface area contributed by atoms with Crippen LogP contribution in [0.4, 0.5) is 5.69 Å². The lowest BCUT2D eigenvalue weighted by molar-refractivity contribution is -0.385. The van der Waals surface area contributed by atoms with E-state index < -0.39 is 40.3 Å². The van der Waals surface area contributed by atoms with Gasteiger partial charge in [0.15, 0.2) is 6.10 Å². The molecular weight excluding hydrogens is 272 g/mol. The van der Waals surface area contributed by atoms with Crippen molar-refractivity contribution in [1.29, 1.82) is 0 Å². The van der Waals surface area contributed by atoms with Gasteiger partial charge in [-0.15, -0.1) is 0 Å². The molecule has 0 aliphatic heterocycles. The lowest BCUT2D eigenvalue weighted by atomic mass is 9.97. The second kappa shape index (κ2) is 5.63. The van der Waals surface area contributed by atoms with Crippen molar-refractivity contribution in [3.05, 3.63) is 38.9 Å². The van der Waals surface area contributed by atoms with Crippen LogP contribution in [0.5, 0.6) is 0 Å². The van der Waals surface area contributed by atoms with Gasteiger partial charge in [-0.3, -0.25) is 14.9 Å². The quantitative estimate of drug-likeness (QED) is 0.417. The molecule has 0 saturated heterocycles. The van der Waals surface area contributed by atoms with Gasteiger partial charge in [0, 0.05) is 11.6 Å². The maximum Gasteiger partial charge on any atom is 0.336 e. The molecular formula is C11H12N2O7. The zero-order valence-corrected chi connectivity index (χ0v) is 10.3. The minimum absolute atomic E-state index is 0.105. The maximum absolute atomic E-state index is 11.0.